The van der Waals surface area contributed by atoms with Gasteiger partial charge in [-0.1, -0.05) is 29.3 Å². The van der Waals surface area contributed by atoms with E-state index >= 15 is 0 Å². The van der Waals surface area contributed by atoms with E-state index in [0.29, 0.717) is 35.3 Å². The summed E-state index contributed by atoms with van der Waals surface area (Å²) in [6.07, 6.45) is 1.53. The number of thiocarbonyl (C=S) groups is 1. The van der Waals surface area contributed by atoms with Crippen LogP contribution in [-0.4, -0.2) is 31.7 Å². The fraction of sp³-hybridized carbons (Fsp3) is 0.222. The number of methoxy groups -OCH3 is 1. The molecule has 0 bridgehead atoms. The van der Waals surface area contributed by atoms with E-state index in [4.69, 9.17) is 31.5 Å². The first-order valence-corrected chi connectivity index (χ1v) is 8.56. The summed E-state index contributed by atoms with van der Waals surface area (Å²) in [5, 5.41) is 4.36. The molecule has 0 saturated heterocycles. The van der Waals surface area contributed by atoms with Crippen LogP contribution in [0.5, 0.6) is 17.2 Å². The predicted molar refractivity (Wildman–Crippen MR) is 108 cm³/mol. The summed E-state index contributed by atoms with van der Waals surface area (Å²) in [5.41, 5.74) is 9.67. The Balaban J connectivity index is 1.96. The molecule has 8 heteroatoms. The van der Waals surface area contributed by atoms with Crippen molar-refractivity contribution in [2.24, 2.45) is 10.8 Å². The van der Waals surface area contributed by atoms with Crippen LogP contribution in [0, 0.1) is 6.92 Å². The largest absolute Gasteiger partial charge is 0.493 e. The van der Waals surface area contributed by atoms with E-state index in [0.717, 1.165) is 5.75 Å². The molecule has 2 aromatic carbocycles. The number of hydrogen-bond acceptors (Lipinski definition) is 5. The minimum atomic E-state index is 0.0767. The first kappa shape index (κ1) is 19.8. The number of nitrogens with zero attached hydrogens (tertiary/aromatic N) is 1. The molecule has 2 aromatic rings. The number of aryl methyl sites for hydroxylation is 1. The average molecular weight is 394 g/mol. The highest BCUT2D eigenvalue weighted by Gasteiger charge is 2.11. The molecule has 0 heterocycles. The smallest absolute Gasteiger partial charge is 0.184 e. The third kappa shape index (κ3) is 6.09. The molecule has 2 rings (SSSR count). The van der Waals surface area contributed by atoms with E-state index in [1.807, 2.05) is 31.2 Å². The highest BCUT2D eigenvalue weighted by Crippen LogP contribution is 2.36. The SMILES string of the molecule is COc1cc(/C=N\NC(N)=S)cc(Cl)c1OCCOc1ccc(C)cc1. The van der Waals surface area contributed by atoms with Gasteiger partial charge in [-0.15, -0.1) is 0 Å². The van der Waals surface area contributed by atoms with Gasteiger partial charge < -0.3 is 19.9 Å². The van der Waals surface area contributed by atoms with Gasteiger partial charge in [0.05, 0.1) is 18.3 Å². The molecule has 0 saturated carbocycles. The van der Waals surface area contributed by atoms with Gasteiger partial charge in [0.15, 0.2) is 16.6 Å². The molecular formula is C18H20ClN3O3S. The van der Waals surface area contributed by atoms with Crippen LogP contribution >= 0.6 is 23.8 Å². The van der Waals surface area contributed by atoms with Crippen molar-refractivity contribution in [3.8, 4) is 17.2 Å². The number of hydrazone groups is 1. The molecule has 6 nitrogen and oxygen atoms in total. The number of nitrogens with one attached hydrogen (secondary N) is 1. The highest BCUT2D eigenvalue weighted by atomic mass is 35.5. The Hall–Kier alpha value is -2.51. The molecule has 0 aromatic heterocycles. The van der Waals surface area contributed by atoms with Crippen molar-refractivity contribution in [3.63, 3.8) is 0 Å². The lowest BCUT2D eigenvalue weighted by atomic mass is 10.2. The summed E-state index contributed by atoms with van der Waals surface area (Å²) in [6, 6.07) is 11.2. The molecule has 0 amide bonds. The molecule has 0 aliphatic heterocycles. The zero-order chi connectivity index (χ0) is 18.9. The normalized spacial score (nSPS) is 10.6. The van der Waals surface area contributed by atoms with Crippen molar-refractivity contribution in [2.45, 2.75) is 6.92 Å². The lowest BCUT2D eigenvalue weighted by molar-refractivity contribution is 0.211. The monoisotopic (exact) mass is 393 g/mol. The summed E-state index contributed by atoms with van der Waals surface area (Å²) in [4.78, 5) is 0. The summed E-state index contributed by atoms with van der Waals surface area (Å²) >= 11 is 11.0. The number of ether oxygens (including phenoxy) is 3. The zero-order valence-electron chi connectivity index (χ0n) is 14.5. The first-order chi connectivity index (χ1) is 12.5. The van der Waals surface area contributed by atoms with Crippen LogP contribution in [0.3, 0.4) is 0 Å². The summed E-state index contributed by atoms with van der Waals surface area (Å²) < 4.78 is 16.7. The number of halogens is 1. The average Bonchev–Trinajstić information content (AvgIpc) is 2.61. The Kier molecular flexibility index (Phi) is 7.50. The Morgan fingerprint density at radius 3 is 2.58 bits per heavy atom. The fourth-order valence-electron chi connectivity index (χ4n) is 2.06. The van der Waals surface area contributed by atoms with Gasteiger partial charge in [0.25, 0.3) is 0 Å². The third-order valence-corrected chi connectivity index (χ3v) is 3.63. The van der Waals surface area contributed by atoms with Crippen LogP contribution in [-0.2, 0) is 0 Å². The third-order valence-electron chi connectivity index (χ3n) is 3.26. The molecule has 0 fully saturated rings. The van der Waals surface area contributed by atoms with Gasteiger partial charge in [-0.3, -0.25) is 5.43 Å². The summed E-state index contributed by atoms with van der Waals surface area (Å²) in [6.45, 7) is 2.72. The molecule has 3 N–H and O–H groups in total. The molecular weight excluding hydrogens is 374 g/mol. The van der Waals surface area contributed by atoms with Crippen LogP contribution in [0.1, 0.15) is 11.1 Å². The van der Waals surface area contributed by atoms with Gasteiger partial charge in [0, 0.05) is 0 Å². The second kappa shape index (κ2) is 9.84. The topological polar surface area (TPSA) is 78.1 Å². The molecule has 26 heavy (non-hydrogen) atoms. The van der Waals surface area contributed by atoms with Gasteiger partial charge in [-0.2, -0.15) is 5.10 Å². The quantitative estimate of drug-likeness (QED) is 0.310. The molecule has 0 aliphatic rings. The highest BCUT2D eigenvalue weighted by molar-refractivity contribution is 7.80. The maximum absolute atomic E-state index is 6.29. The van der Waals surface area contributed by atoms with E-state index in [1.54, 1.807) is 12.1 Å². The molecule has 138 valence electrons. The van der Waals surface area contributed by atoms with Crippen LogP contribution < -0.4 is 25.4 Å². The zero-order valence-corrected chi connectivity index (χ0v) is 16.1. The number of nitrogens with two attached hydrogens (primary N) is 1. The minimum absolute atomic E-state index is 0.0767. The maximum atomic E-state index is 6.29. The fourth-order valence-corrected chi connectivity index (χ4v) is 2.39. The second-order valence-electron chi connectivity index (χ2n) is 5.28. The standard InChI is InChI=1S/C18H20ClN3O3S/c1-12-3-5-14(6-4-12)24-7-8-25-17-15(19)9-13(10-16(17)23-2)11-21-22-18(20)26/h3-6,9-11H,7-8H2,1-2H3,(H3,20,22,26)/b21-11-. The molecule has 0 radical (unpaired) electrons. The Labute approximate surface area is 162 Å². The van der Waals surface area contributed by atoms with Gasteiger partial charge in [-0.25, -0.2) is 0 Å². The second-order valence-corrected chi connectivity index (χ2v) is 6.13. The molecule has 0 aliphatic carbocycles. The van der Waals surface area contributed by atoms with E-state index in [1.165, 1.54) is 18.9 Å². The van der Waals surface area contributed by atoms with Crippen LogP contribution in [0.2, 0.25) is 5.02 Å². The molecule has 0 spiro atoms. The first-order valence-electron chi connectivity index (χ1n) is 7.78. The van der Waals surface area contributed by atoms with Gasteiger partial charge in [-0.05, 0) is 49.0 Å². The maximum Gasteiger partial charge on any atom is 0.184 e. The van der Waals surface area contributed by atoms with E-state index < -0.39 is 0 Å². The van der Waals surface area contributed by atoms with Crippen LogP contribution in [0.4, 0.5) is 0 Å². The molecule has 0 unspecified atom stereocenters. The number of benzene rings is 2. The lowest BCUT2D eigenvalue weighted by Crippen LogP contribution is -2.23. The van der Waals surface area contributed by atoms with Crippen molar-refractivity contribution in [1.82, 2.24) is 5.43 Å². The van der Waals surface area contributed by atoms with Crippen molar-refractivity contribution < 1.29 is 14.2 Å². The van der Waals surface area contributed by atoms with Crippen LogP contribution in [0.15, 0.2) is 41.5 Å². The van der Waals surface area contributed by atoms with Gasteiger partial charge in [0.1, 0.15) is 19.0 Å². The number of hydrogen-bond donors (Lipinski definition) is 2. The van der Waals surface area contributed by atoms with Gasteiger partial charge >= 0.3 is 0 Å². The van der Waals surface area contributed by atoms with Crippen LogP contribution in [0.25, 0.3) is 0 Å². The summed E-state index contributed by atoms with van der Waals surface area (Å²) in [5.74, 6) is 1.72. The lowest BCUT2D eigenvalue weighted by Gasteiger charge is -2.14. The van der Waals surface area contributed by atoms with E-state index in [-0.39, 0.29) is 5.11 Å². The van der Waals surface area contributed by atoms with Crippen molar-refractivity contribution >= 4 is 35.1 Å². The minimum Gasteiger partial charge on any atom is -0.493 e. The Morgan fingerprint density at radius 1 is 1.23 bits per heavy atom. The van der Waals surface area contributed by atoms with Gasteiger partial charge in [0.2, 0.25) is 0 Å². The van der Waals surface area contributed by atoms with Crippen molar-refractivity contribution in [1.29, 1.82) is 0 Å². The van der Waals surface area contributed by atoms with E-state index in [2.05, 4.69) is 22.7 Å². The number of rotatable bonds is 8. The summed E-state index contributed by atoms with van der Waals surface area (Å²) in [7, 11) is 1.54. The van der Waals surface area contributed by atoms with Crippen molar-refractivity contribution in [3.05, 3.63) is 52.5 Å². The Bertz CT molecular complexity index is 782. The Morgan fingerprint density at radius 2 is 1.92 bits per heavy atom. The van der Waals surface area contributed by atoms with Crippen molar-refractivity contribution in [2.75, 3.05) is 20.3 Å². The van der Waals surface area contributed by atoms with E-state index in [9.17, 15) is 0 Å². The predicted octanol–water partition coefficient (Wildman–Crippen LogP) is 3.28. The molecule has 0 atom stereocenters.